The second-order valence-electron chi connectivity index (χ2n) is 3.45. The predicted molar refractivity (Wildman–Crippen MR) is 59.3 cm³/mol. The van der Waals surface area contributed by atoms with Crippen molar-refractivity contribution >= 4 is 5.97 Å². The Morgan fingerprint density at radius 1 is 1.44 bits per heavy atom. The van der Waals surface area contributed by atoms with E-state index in [-0.39, 0.29) is 12.1 Å². The first kappa shape index (κ1) is 14.2. The summed E-state index contributed by atoms with van der Waals surface area (Å²) in [5.41, 5.74) is -0.0555. The van der Waals surface area contributed by atoms with Gasteiger partial charge in [0.25, 0.3) is 0 Å². The van der Waals surface area contributed by atoms with Crippen LogP contribution in [0.2, 0.25) is 0 Å². The molecular formula is C12H12F3NO2. The van der Waals surface area contributed by atoms with Gasteiger partial charge in [-0.25, -0.2) is 18.0 Å². The fourth-order valence-electron chi connectivity index (χ4n) is 1.40. The molecule has 1 atom stereocenters. The van der Waals surface area contributed by atoms with E-state index in [1.807, 2.05) is 0 Å². The van der Waals surface area contributed by atoms with Gasteiger partial charge in [0, 0.05) is 6.54 Å². The number of carbonyl (C=O) groups is 1. The first-order valence-electron chi connectivity index (χ1n) is 5.07. The third-order valence-electron chi connectivity index (χ3n) is 2.24. The summed E-state index contributed by atoms with van der Waals surface area (Å²) in [5, 5.41) is 2.66. The van der Waals surface area contributed by atoms with Gasteiger partial charge in [-0.1, -0.05) is 6.08 Å². The van der Waals surface area contributed by atoms with E-state index in [1.165, 1.54) is 6.08 Å². The normalized spacial score (nSPS) is 12.0. The first-order valence-corrected chi connectivity index (χ1v) is 5.07. The van der Waals surface area contributed by atoms with Crippen LogP contribution in [0.15, 0.2) is 24.8 Å². The van der Waals surface area contributed by atoms with Crippen molar-refractivity contribution in [1.29, 1.82) is 0 Å². The smallest absolute Gasteiger partial charge is 0.327 e. The number of esters is 1. The van der Waals surface area contributed by atoms with Crippen LogP contribution >= 0.6 is 0 Å². The fourth-order valence-corrected chi connectivity index (χ4v) is 1.40. The van der Waals surface area contributed by atoms with E-state index in [0.717, 1.165) is 19.2 Å². The lowest BCUT2D eigenvalue weighted by Crippen LogP contribution is -2.30. The number of nitrogens with one attached hydrogen (secondary N) is 1. The Kier molecular flexibility index (Phi) is 4.91. The lowest BCUT2D eigenvalue weighted by molar-refractivity contribution is -0.143. The van der Waals surface area contributed by atoms with Crippen LogP contribution in [-0.4, -0.2) is 19.6 Å². The van der Waals surface area contributed by atoms with Crippen molar-refractivity contribution in [2.24, 2.45) is 0 Å². The van der Waals surface area contributed by atoms with Gasteiger partial charge < -0.3 is 4.74 Å². The van der Waals surface area contributed by atoms with Crippen LogP contribution in [0.3, 0.4) is 0 Å². The molecule has 0 amide bonds. The molecule has 0 aliphatic heterocycles. The summed E-state index contributed by atoms with van der Waals surface area (Å²) in [7, 11) is 1.14. The van der Waals surface area contributed by atoms with Crippen molar-refractivity contribution in [1.82, 2.24) is 5.32 Å². The molecule has 1 rings (SSSR count). The molecule has 0 saturated carbocycles. The molecule has 0 spiro atoms. The standard InChI is InChI=1S/C12H12F3NO2/c1-3-4-16-11(12(17)18-2)7-5-8(13)10(15)9(14)6-7/h3,5-6,11,16H,1,4H2,2H3. The number of benzene rings is 1. The second-order valence-corrected chi connectivity index (χ2v) is 3.45. The Morgan fingerprint density at radius 2 is 2.00 bits per heavy atom. The maximum atomic E-state index is 13.1. The molecule has 0 bridgehead atoms. The van der Waals surface area contributed by atoms with Crippen LogP contribution in [-0.2, 0) is 9.53 Å². The van der Waals surface area contributed by atoms with Crippen LogP contribution in [0.1, 0.15) is 11.6 Å². The van der Waals surface area contributed by atoms with Crippen LogP contribution in [0.4, 0.5) is 13.2 Å². The number of hydrogen-bond donors (Lipinski definition) is 1. The van der Waals surface area contributed by atoms with E-state index in [4.69, 9.17) is 0 Å². The Hall–Kier alpha value is -1.82. The highest BCUT2D eigenvalue weighted by Crippen LogP contribution is 2.20. The van der Waals surface area contributed by atoms with Crippen molar-refractivity contribution in [3.8, 4) is 0 Å². The van der Waals surface area contributed by atoms with E-state index in [2.05, 4.69) is 16.6 Å². The number of carbonyl (C=O) groups excluding carboxylic acids is 1. The SMILES string of the molecule is C=CCNC(C(=O)OC)c1cc(F)c(F)c(F)c1. The van der Waals surface area contributed by atoms with Gasteiger partial charge in [0.05, 0.1) is 7.11 Å². The van der Waals surface area contributed by atoms with Crippen LogP contribution in [0.25, 0.3) is 0 Å². The number of halogens is 3. The topological polar surface area (TPSA) is 38.3 Å². The molecule has 1 unspecified atom stereocenters. The minimum Gasteiger partial charge on any atom is -0.468 e. The quantitative estimate of drug-likeness (QED) is 0.500. The highest BCUT2D eigenvalue weighted by atomic mass is 19.2. The summed E-state index contributed by atoms with van der Waals surface area (Å²) in [6.45, 7) is 3.66. The molecule has 98 valence electrons. The maximum Gasteiger partial charge on any atom is 0.327 e. The molecular weight excluding hydrogens is 247 g/mol. The summed E-state index contributed by atoms with van der Waals surface area (Å²) in [5.74, 6) is -5.04. The fraction of sp³-hybridized carbons (Fsp3) is 0.250. The van der Waals surface area contributed by atoms with Gasteiger partial charge in [-0.2, -0.15) is 0 Å². The Balaban J connectivity index is 3.12. The molecule has 0 aliphatic carbocycles. The van der Waals surface area contributed by atoms with E-state index in [9.17, 15) is 18.0 Å². The summed E-state index contributed by atoms with van der Waals surface area (Å²) in [6.07, 6.45) is 1.46. The zero-order valence-electron chi connectivity index (χ0n) is 9.67. The van der Waals surface area contributed by atoms with E-state index in [1.54, 1.807) is 0 Å². The van der Waals surface area contributed by atoms with Gasteiger partial charge in [0.2, 0.25) is 0 Å². The molecule has 1 aromatic rings. The van der Waals surface area contributed by atoms with Crippen molar-refractivity contribution < 1.29 is 22.7 Å². The zero-order chi connectivity index (χ0) is 13.7. The molecule has 0 saturated heterocycles. The van der Waals surface area contributed by atoms with Crippen LogP contribution in [0, 0.1) is 17.5 Å². The van der Waals surface area contributed by atoms with Crippen LogP contribution < -0.4 is 5.32 Å². The molecule has 3 nitrogen and oxygen atoms in total. The van der Waals surface area contributed by atoms with Gasteiger partial charge in [0.15, 0.2) is 17.5 Å². The Labute approximate surface area is 102 Å². The predicted octanol–water partition coefficient (Wildman–Crippen LogP) is 2.09. The first-order chi connectivity index (χ1) is 8.51. The maximum absolute atomic E-state index is 13.1. The summed E-state index contributed by atoms with van der Waals surface area (Å²) in [4.78, 5) is 11.5. The van der Waals surface area contributed by atoms with Crippen molar-refractivity contribution in [3.63, 3.8) is 0 Å². The Morgan fingerprint density at radius 3 is 2.44 bits per heavy atom. The van der Waals surface area contributed by atoms with Crippen LogP contribution in [0.5, 0.6) is 0 Å². The van der Waals surface area contributed by atoms with Gasteiger partial charge in [-0.15, -0.1) is 6.58 Å². The number of methoxy groups -OCH3 is 1. The van der Waals surface area contributed by atoms with Crippen molar-refractivity contribution in [2.45, 2.75) is 6.04 Å². The number of hydrogen-bond acceptors (Lipinski definition) is 3. The van der Waals surface area contributed by atoms with E-state index < -0.39 is 29.5 Å². The summed E-state index contributed by atoms with van der Waals surface area (Å²) >= 11 is 0. The summed E-state index contributed by atoms with van der Waals surface area (Å²) in [6, 6.07) is 0.407. The molecule has 0 fully saturated rings. The van der Waals surface area contributed by atoms with Crippen molar-refractivity contribution in [2.75, 3.05) is 13.7 Å². The third-order valence-corrected chi connectivity index (χ3v) is 2.24. The highest BCUT2D eigenvalue weighted by Gasteiger charge is 2.23. The van der Waals surface area contributed by atoms with E-state index in [0.29, 0.717) is 0 Å². The number of rotatable bonds is 5. The summed E-state index contributed by atoms with van der Waals surface area (Å²) < 4.78 is 43.5. The highest BCUT2D eigenvalue weighted by molar-refractivity contribution is 5.77. The lowest BCUT2D eigenvalue weighted by atomic mass is 10.1. The Bertz CT molecular complexity index is 440. The zero-order valence-corrected chi connectivity index (χ0v) is 9.67. The molecule has 6 heteroatoms. The average Bonchev–Trinajstić information content (AvgIpc) is 2.35. The van der Waals surface area contributed by atoms with Gasteiger partial charge >= 0.3 is 5.97 Å². The van der Waals surface area contributed by atoms with Gasteiger partial charge in [0.1, 0.15) is 6.04 Å². The second kappa shape index (κ2) is 6.20. The molecule has 18 heavy (non-hydrogen) atoms. The number of ether oxygens (including phenoxy) is 1. The molecule has 0 heterocycles. The monoisotopic (exact) mass is 259 g/mol. The van der Waals surface area contributed by atoms with Gasteiger partial charge in [-0.3, -0.25) is 5.32 Å². The minimum absolute atomic E-state index is 0.0555. The molecule has 1 N–H and O–H groups in total. The molecule has 0 radical (unpaired) electrons. The average molecular weight is 259 g/mol. The third kappa shape index (κ3) is 3.10. The lowest BCUT2D eigenvalue weighted by Gasteiger charge is -2.16. The van der Waals surface area contributed by atoms with Gasteiger partial charge in [-0.05, 0) is 17.7 Å². The molecule has 0 aromatic heterocycles. The molecule has 0 aliphatic rings. The van der Waals surface area contributed by atoms with Crippen molar-refractivity contribution in [3.05, 3.63) is 47.8 Å². The molecule has 1 aromatic carbocycles. The largest absolute Gasteiger partial charge is 0.468 e. The van der Waals surface area contributed by atoms with E-state index >= 15 is 0 Å². The minimum atomic E-state index is -1.58.